The Morgan fingerprint density at radius 1 is 1.35 bits per heavy atom. The molecule has 2 atom stereocenters. The van der Waals surface area contributed by atoms with Crippen LogP contribution in [0.2, 0.25) is 0 Å². The Kier molecular flexibility index (Phi) is 4.96. The summed E-state index contributed by atoms with van der Waals surface area (Å²) in [6.45, 7) is 5.35. The van der Waals surface area contributed by atoms with Crippen molar-refractivity contribution < 1.29 is 9.59 Å². The molecule has 2 aliphatic heterocycles. The van der Waals surface area contributed by atoms with Gasteiger partial charge in [-0.2, -0.15) is 0 Å². The van der Waals surface area contributed by atoms with Crippen molar-refractivity contribution in [3.8, 4) is 0 Å². The average Bonchev–Trinajstić information content (AvgIpc) is 3.18. The minimum Gasteiger partial charge on any atom is -0.356 e. The monoisotopic (exact) mass is 315 g/mol. The first kappa shape index (κ1) is 16.0. The number of anilines is 1. The van der Waals surface area contributed by atoms with Crippen LogP contribution in [-0.4, -0.2) is 38.0 Å². The van der Waals surface area contributed by atoms with Crippen LogP contribution in [0.25, 0.3) is 0 Å². The van der Waals surface area contributed by atoms with Crippen LogP contribution in [0.3, 0.4) is 0 Å². The van der Waals surface area contributed by atoms with Crippen LogP contribution < -0.4 is 15.5 Å². The number of benzene rings is 1. The quantitative estimate of drug-likeness (QED) is 0.865. The zero-order valence-electron chi connectivity index (χ0n) is 13.7. The minimum atomic E-state index is -0.231. The van der Waals surface area contributed by atoms with Crippen molar-refractivity contribution in [1.29, 1.82) is 0 Å². The van der Waals surface area contributed by atoms with Crippen molar-refractivity contribution in [2.45, 2.75) is 26.2 Å². The number of carbonyl (C=O) groups excluding carboxylic acids is 2. The second-order valence-electron chi connectivity index (χ2n) is 6.68. The van der Waals surface area contributed by atoms with Crippen LogP contribution in [-0.2, 0) is 9.59 Å². The molecule has 5 heteroatoms. The zero-order valence-corrected chi connectivity index (χ0v) is 13.7. The van der Waals surface area contributed by atoms with Crippen molar-refractivity contribution in [2.75, 3.05) is 31.1 Å². The van der Waals surface area contributed by atoms with Gasteiger partial charge >= 0.3 is 0 Å². The standard InChI is InChI=1S/C18H25N3O2/c1-13-2-4-16(5-3-13)21-12-15(10-17(21)22)18(23)20-9-7-14-6-8-19-11-14/h2-5,14-15,19H,6-12H2,1H3,(H,20,23). The Morgan fingerprint density at radius 3 is 2.83 bits per heavy atom. The highest BCUT2D eigenvalue weighted by Gasteiger charge is 2.34. The summed E-state index contributed by atoms with van der Waals surface area (Å²) in [7, 11) is 0. The second-order valence-corrected chi connectivity index (χ2v) is 6.68. The van der Waals surface area contributed by atoms with Gasteiger partial charge in [0.1, 0.15) is 0 Å². The van der Waals surface area contributed by atoms with Crippen LogP contribution in [0, 0.1) is 18.8 Å². The predicted octanol–water partition coefficient (Wildman–Crippen LogP) is 1.46. The normalized spacial score (nSPS) is 24.2. The fourth-order valence-electron chi connectivity index (χ4n) is 3.36. The zero-order chi connectivity index (χ0) is 16.2. The SMILES string of the molecule is Cc1ccc(N2CC(C(=O)NCCC3CCNC3)CC2=O)cc1. The van der Waals surface area contributed by atoms with E-state index in [2.05, 4.69) is 10.6 Å². The number of carbonyl (C=O) groups is 2. The largest absolute Gasteiger partial charge is 0.356 e. The molecule has 2 saturated heterocycles. The molecule has 2 N–H and O–H groups in total. The van der Waals surface area contributed by atoms with Crippen LogP contribution in [0.1, 0.15) is 24.8 Å². The number of aryl methyl sites for hydroxylation is 1. The van der Waals surface area contributed by atoms with E-state index in [1.165, 1.54) is 6.42 Å². The topological polar surface area (TPSA) is 61.4 Å². The number of rotatable bonds is 5. The summed E-state index contributed by atoms with van der Waals surface area (Å²) >= 11 is 0. The number of amides is 2. The maximum Gasteiger partial charge on any atom is 0.227 e. The van der Waals surface area contributed by atoms with E-state index in [0.29, 0.717) is 25.4 Å². The molecule has 0 saturated carbocycles. The van der Waals surface area contributed by atoms with Gasteiger partial charge < -0.3 is 15.5 Å². The van der Waals surface area contributed by atoms with Gasteiger partial charge in [0.25, 0.3) is 0 Å². The number of nitrogens with zero attached hydrogens (tertiary/aromatic N) is 1. The lowest BCUT2D eigenvalue weighted by Gasteiger charge is -2.17. The summed E-state index contributed by atoms with van der Waals surface area (Å²) in [5.41, 5.74) is 2.05. The van der Waals surface area contributed by atoms with Crippen molar-refractivity contribution in [1.82, 2.24) is 10.6 Å². The summed E-state index contributed by atoms with van der Waals surface area (Å²) in [5, 5.41) is 6.34. The lowest BCUT2D eigenvalue weighted by molar-refractivity contribution is -0.126. The highest BCUT2D eigenvalue weighted by Crippen LogP contribution is 2.25. The van der Waals surface area contributed by atoms with Crippen molar-refractivity contribution in [3.05, 3.63) is 29.8 Å². The molecule has 0 spiro atoms. The molecule has 2 aliphatic rings. The molecule has 0 radical (unpaired) electrons. The van der Waals surface area contributed by atoms with Crippen LogP contribution >= 0.6 is 0 Å². The van der Waals surface area contributed by atoms with Gasteiger partial charge in [0, 0.05) is 25.2 Å². The lowest BCUT2D eigenvalue weighted by Crippen LogP contribution is -2.34. The van der Waals surface area contributed by atoms with Crippen LogP contribution in [0.5, 0.6) is 0 Å². The number of hydrogen-bond acceptors (Lipinski definition) is 3. The molecule has 0 aromatic heterocycles. The van der Waals surface area contributed by atoms with Crippen LogP contribution in [0.4, 0.5) is 5.69 Å². The third-order valence-electron chi connectivity index (χ3n) is 4.86. The Morgan fingerprint density at radius 2 is 2.13 bits per heavy atom. The minimum absolute atomic E-state index is 0.0129. The summed E-state index contributed by atoms with van der Waals surface area (Å²) in [6.07, 6.45) is 2.52. The van der Waals surface area contributed by atoms with Gasteiger partial charge in [-0.15, -0.1) is 0 Å². The molecule has 2 amide bonds. The fourth-order valence-corrected chi connectivity index (χ4v) is 3.36. The van der Waals surface area contributed by atoms with E-state index < -0.39 is 0 Å². The maximum absolute atomic E-state index is 12.3. The molecule has 1 aromatic rings. The fraction of sp³-hybridized carbons (Fsp3) is 0.556. The van der Waals surface area contributed by atoms with Gasteiger partial charge in [-0.25, -0.2) is 0 Å². The second kappa shape index (κ2) is 7.13. The van der Waals surface area contributed by atoms with Gasteiger partial charge in [-0.1, -0.05) is 17.7 Å². The first-order valence-corrected chi connectivity index (χ1v) is 8.49. The van der Waals surface area contributed by atoms with Gasteiger partial charge in [0.05, 0.1) is 5.92 Å². The molecule has 0 bridgehead atoms. The third kappa shape index (κ3) is 3.91. The van der Waals surface area contributed by atoms with Gasteiger partial charge in [0.2, 0.25) is 11.8 Å². The maximum atomic E-state index is 12.3. The first-order valence-electron chi connectivity index (χ1n) is 8.49. The van der Waals surface area contributed by atoms with E-state index in [9.17, 15) is 9.59 Å². The average molecular weight is 315 g/mol. The molecule has 3 rings (SSSR count). The Bertz CT molecular complexity index is 564. The highest BCUT2D eigenvalue weighted by molar-refractivity contribution is 6.00. The lowest BCUT2D eigenvalue weighted by atomic mass is 10.0. The van der Waals surface area contributed by atoms with E-state index in [0.717, 1.165) is 30.8 Å². The molecular weight excluding hydrogens is 290 g/mol. The van der Waals surface area contributed by atoms with Crippen molar-refractivity contribution >= 4 is 17.5 Å². The predicted molar refractivity (Wildman–Crippen MR) is 90.2 cm³/mol. The van der Waals surface area contributed by atoms with E-state index >= 15 is 0 Å². The van der Waals surface area contributed by atoms with E-state index in [1.807, 2.05) is 31.2 Å². The molecule has 2 heterocycles. The summed E-state index contributed by atoms with van der Waals surface area (Å²) in [4.78, 5) is 26.2. The molecule has 2 unspecified atom stereocenters. The van der Waals surface area contributed by atoms with E-state index in [1.54, 1.807) is 4.90 Å². The number of nitrogens with one attached hydrogen (secondary N) is 2. The first-order chi connectivity index (χ1) is 11.1. The third-order valence-corrected chi connectivity index (χ3v) is 4.86. The van der Waals surface area contributed by atoms with Gasteiger partial charge in [0.15, 0.2) is 0 Å². The van der Waals surface area contributed by atoms with E-state index in [-0.39, 0.29) is 17.7 Å². The van der Waals surface area contributed by atoms with Crippen molar-refractivity contribution in [2.24, 2.45) is 11.8 Å². The summed E-state index contributed by atoms with van der Waals surface area (Å²) < 4.78 is 0. The summed E-state index contributed by atoms with van der Waals surface area (Å²) in [5.74, 6) is 0.489. The molecule has 124 valence electrons. The highest BCUT2D eigenvalue weighted by atomic mass is 16.2. The number of hydrogen-bond donors (Lipinski definition) is 2. The Hall–Kier alpha value is -1.88. The summed E-state index contributed by atoms with van der Waals surface area (Å²) in [6, 6.07) is 7.87. The van der Waals surface area contributed by atoms with Gasteiger partial charge in [-0.05, 0) is 50.9 Å². The Balaban J connectivity index is 1.50. The molecule has 23 heavy (non-hydrogen) atoms. The molecule has 2 fully saturated rings. The van der Waals surface area contributed by atoms with Crippen molar-refractivity contribution in [3.63, 3.8) is 0 Å². The molecule has 5 nitrogen and oxygen atoms in total. The molecule has 1 aromatic carbocycles. The van der Waals surface area contributed by atoms with E-state index in [4.69, 9.17) is 0 Å². The Labute approximate surface area is 137 Å². The van der Waals surface area contributed by atoms with Gasteiger partial charge in [-0.3, -0.25) is 9.59 Å². The van der Waals surface area contributed by atoms with Crippen LogP contribution in [0.15, 0.2) is 24.3 Å². The molecule has 0 aliphatic carbocycles. The molecular formula is C18H25N3O2. The smallest absolute Gasteiger partial charge is 0.227 e.